The quantitative estimate of drug-likeness (QED) is 0.723. The fourth-order valence-corrected chi connectivity index (χ4v) is 2.97. The third kappa shape index (κ3) is 7.99. The summed E-state index contributed by atoms with van der Waals surface area (Å²) in [6, 6.07) is 0.314. The van der Waals surface area contributed by atoms with Crippen LogP contribution in [0.25, 0.3) is 0 Å². The van der Waals surface area contributed by atoms with Gasteiger partial charge in [-0.05, 0) is 45.4 Å². The van der Waals surface area contributed by atoms with Crippen LogP contribution in [0.4, 0.5) is 4.79 Å². The molecule has 0 aromatic rings. The lowest BCUT2D eigenvalue weighted by Gasteiger charge is -2.27. The second kappa shape index (κ2) is 9.36. The Labute approximate surface area is 135 Å². The topological polar surface area (TPSA) is 59.6 Å². The number of alkyl carbamates (subject to hydrolysis) is 1. The van der Waals surface area contributed by atoms with Crippen LogP contribution in [0.1, 0.15) is 53.4 Å². The predicted molar refractivity (Wildman–Crippen MR) is 89.0 cm³/mol. The van der Waals surface area contributed by atoms with Crippen molar-refractivity contribution in [3.8, 4) is 0 Å². The van der Waals surface area contributed by atoms with E-state index in [-0.39, 0.29) is 6.09 Å². The number of hydrogen-bond donors (Lipinski definition) is 2. The van der Waals surface area contributed by atoms with Crippen molar-refractivity contribution in [2.24, 2.45) is 11.8 Å². The standard InChI is InChI=1S/C17H34N2O3/c1-13(12-21-5)10-18-15(14-8-6-7-9-14)11-19-16(20)22-17(2,3)4/h13-15,18H,6-12H2,1-5H3,(H,19,20). The van der Waals surface area contributed by atoms with Gasteiger partial charge in [0, 0.05) is 32.8 Å². The third-order valence-electron chi connectivity index (χ3n) is 4.01. The van der Waals surface area contributed by atoms with Gasteiger partial charge in [0.15, 0.2) is 0 Å². The summed E-state index contributed by atoms with van der Waals surface area (Å²) in [5.41, 5.74) is -0.451. The molecule has 1 aliphatic rings. The molecule has 2 N–H and O–H groups in total. The summed E-state index contributed by atoms with van der Waals surface area (Å²) in [6.07, 6.45) is 4.74. The zero-order valence-corrected chi connectivity index (χ0v) is 14.9. The molecule has 1 fully saturated rings. The normalized spacial score (nSPS) is 19.0. The van der Waals surface area contributed by atoms with Crippen molar-refractivity contribution in [1.82, 2.24) is 10.6 Å². The lowest BCUT2D eigenvalue weighted by atomic mass is 9.97. The van der Waals surface area contributed by atoms with Gasteiger partial charge in [0.1, 0.15) is 5.60 Å². The Morgan fingerprint density at radius 3 is 2.41 bits per heavy atom. The minimum Gasteiger partial charge on any atom is -0.444 e. The molecule has 0 aliphatic heterocycles. The SMILES string of the molecule is COCC(C)CNC(CNC(=O)OC(C)(C)C)C1CCCC1. The van der Waals surface area contributed by atoms with Gasteiger partial charge in [-0.2, -0.15) is 0 Å². The molecule has 1 rings (SSSR count). The summed E-state index contributed by atoms with van der Waals surface area (Å²) in [6.45, 7) is 10.1. The van der Waals surface area contributed by atoms with Gasteiger partial charge in [-0.25, -0.2) is 4.79 Å². The van der Waals surface area contributed by atoms with Gasteiger partial charge >= 0.3 is 6.09 Å². The van der Waals surface area contributed by atoms with Crippen molar-refractivity contribution in [3.05, 3.63) is 0 Å². The molecule has 0 bridgehead atoms. The number of nitrogens with one attached hydrogen (secondary N) is 2. The molecule has 130 valence electrons. The van der Waals surface area contributed by atoms with Gasteiger partial charge in [0.2, 0.25) is 0 Å². The molecule has 2 unspecified atom stereocenters. The highest BCUT2D eigenvalue weighted by Crippen LogP contribution is 2.27. The molecule has 1 amide bonds. The first-order valence-corrected chi connectivity index (χ1v) is 8.51. The average molecular weight is 314 g/mol. The van der Waals surface area contributed by atoms with Gasteiger partial charge in [-0.15, -0.1) is 0 Å². The van der Waals surface area contributed by atoms with Crippen LogP contribution in [0.3, 0.4) is 0 Å². The lowest BCUT2D eigenvalue weighted by Crippen LogP contribution is -2.47. The molecule has 0 aromatic heterocycles. The molecule has 0 aromatic carbocycles. The van der Waals surface area contributed by atoms with E-state index in [0.29, 0.717) is 24.4 Å². The molecule has 5 nitrogen and oxygen atoms in total. The van der Waals surface area contributed by atoms with E-state index in [1.54, 1.807) is 7.11 Å². The highest BCUT2D eigenvalue weighted by molar-refractivity contribution is 5.67. The van der Waals surface area contributed by atoms with Crippen molar-refractivity contribution in [1.29, 1.82) is 0 Å². The Bertz CT molecular complexity index is 322. The van der Waals surface area contributed by atoms with Crippen molar-refractivity contribution in [2.45, 2.75) is 65.0 Å². The number of hydrogen-bond acceptors (Lipinski definition) is 4. The molecule has 0 radical (unpaired) electrons. The molecule has 0 heterocycles. The van der Waals surface area contributed by atoms with Gasteiger partial charge in [-0.1, -0.05) is 19.8 Å². The number of carbonyl (C=O) groups is 1. The van der Waals surface area contributed by atoms with Gasteiger partial charge in [0.05, 0.1) is 0 Å². The van der Waals surface area contributed by atoms with E-state index in [1.165, 1.54) is 25.7 Å². The van der Waals surface area contributed by atoms with E-state index in [0.717, 1.165) is 13.2 Å². The van der Waals surface area contributed by atoms with Gasteiger partial charge in [0.25, 0.3) is 0 Å². The highest BCUT2D eigenvalue weighted by atomic mass is 16.6. The zero-order valence-electron chi connectivity index (χ0n) is 14.9. The maximum Gasteiger partial charge on any atom is 0.407 e. The van der Waals surface area contributed by atoms with E-state index in [9.17, 15) is 4.79 Å². The lowest BCUT2D eigenvalue weighted by molar-refractivity contribution is 0.0517. The summed E-state index contributed by atoms with van der Waals surface area (Å²) >= 11 is 0. The smallest absolute Gasteiger partial charge is 0.407 e. The largest absolute Gasteiger partial charge is 0.444 e. The number of carbonyl (C=O) groups excluding carboxylic acids is 1. The second-order valence-electron chi connectivity index (χ2n) is 7.50. The Kier molecular flexibility index (Phi) is 8.18. The maximum atomic E-state index is 11.8. The van der Waals surface area contributed by atoms with Crippen molar-refractivity contribution < 1.29 is 14.3 Å². The molecule has 1 saturated carbocycles. The monoisotopic (exact) mass is 314 g/mol. The average Bonchev–Trinajstić information content (AvgIpc) is 2.90. The third-order valence-corrected chi connectivity index (χ3v) is 4.01. The van der Waals surface area contributed by atoms with E-state index in [1.807, 2.05) is 20.8 Å². The molecule has 22 heavy (non-hydrogen) atoms. The Balaban J connectivity index is 2.42. The fourth-order valence-electron chi connectivity index (χ4n) is 2.97. The molecule has 0 spiro atoms. The van der Waals surface area contributed by atoms with Crippen molar-refractivity contribution in [2.75, 3.05) is 26.8 Å². The number of ether oxygens (including phenoxy) is 2. The van der Waals surface area contributed by atoms with Crippen LogP contribution in [-0.4, -0.2) is 44.5 Å². The van der Waals surface area contributed by atoms with E-state index >= 15 is 0 Å². The molecular formula is C17H34N2O3. The minimum atomic E-state index is -0.451. The number of rotatable bonds is 8. The summed E-state index contributed by atoms with van der Waals surface area (Å²) in [4.78, 5) is 11.8. The zero-order chi connectivity index (χ0) is 16.6. The van der Waals surface area contributed by atoms with Crippen LogP contribution >= 0.6 is 0 Å². The first-order valence-electron chi connectivity index (χ1n) is 8.51. The Morgan fingerprint density at radius 2 is 1.86 bits per heavy atom. The molecule has 5 heteroatoms. The Morgan fingerprint density at radius 1 is 1.23 bits per heavy atom. The molecular weight excluding hydrogens is 280 g/mol. The van der Waals surface area contributed by atoms with E-state index < -0.39 is 5.60 Å². The van der Waals surface area contributed by atoms with Gasteiger partial charge < -0.3 is 20.1 Å². The predicted octanol–water partition coefficient (Wildman–Crippen LogP) is 2.94. The molecule has 1 aliphatic carbocycles. The molecule has 0 saturated heterocycles. The van der Waals surface area contributed by atoms with Crippen LogP contribution in [0.2, 0.25) is 0 Å². The van der Waals surface area contributed by atoms with E-state index in [2.05, 4.69) is 17.6 Å². The fraction of sp³-hybridized carbons (Fsp3) is 0.941. The number of amides is 1. The summed E-state index contributed by atoms with van der Waals surface area (Å²) in [5, 5.41) is 6.53. The first-order chi connectivity index (χ1) is 10.3. The second-order valence-corrected chi connectivity index (χ2v) is 7.50. The van der Waals surface area contributed by atoms with Crippen molar-refractivity contribution >= 4 is 6.09 Å². The van der Waals surface area contributed by atoms with Gasteiger partial charge in [-0.3, -0.25) is 0 Å². The summed E-state index contributed by atoms with van der Waals surface area (Å²) in [7, 11) is 1.73. The summed E-state index contributed by atoms with van der Waals surface area (Å²) in [5.74, 6) is 1.11. The van der Waals surface area contributed by atoms with Crippen LogP contribution in [0.5, 0.6) is 0 Å². The van der Waals surface area contributed by atoms with E-state index in [4.69, 9.17) is 9.47 Å². The maximum absolute atomic E-state index is 11.8. The van der Waals surface area contributed by atoms with Crippen LogP contribution in [0, 0.1) is 11.8 Å². The van der Waals surface area contributed by atoms with Crippen LogP contribution in [0.15, 0.2) is 0 Å². The summed E-state index contributed by atoms with van der Waals surface area (Å²) < 4.78 is 10.5. The molecule has 2 atom stereocenters. The highest BCUT2D eigenvalue weighted by Gasteiger charge is 2.26. The first kappa shape index (κ1) is 19.2. The van der Waals surface area contributed by atoms with Crippen LogP contribution in [-0.2, 0) is 9.47 Å². The minimum absolute atomic E-state index is 0.314. The van der Waals surface area contributed by atoms with Crippen molar-refractivity contribution in [3.63, 3.8) is 0 Å². The van der Waals surface area contributed by atoms with Crippen LogP contribution < -0.4 is 10.6 Å². The Hall–Kier alpha value is -0.810. The number of methoxy groups -OCH3 is 1.